The van der Waals surface area contributed by atoms with Crippen LogP contribution in [0.25, 0.3) is 0 Å². The molecule has 0 heterocycles. The van der Waals surface area contributed by atoms with Crippen molar-refractivity contribution >= 4 is 21.6 Å². The Balaban J connectivity index is 2.34. The van der Waals surface area contributed by atoms with Gasteiger partial charge in [0.15, 0.2) is 0 Å². The molecule has 0 aliphatic heterocycles. The van der Waals surface area contributed by atoms with E-state index in [-0.39, 0.29) is 5.82 Å². The van der Waals surface area contributed by atoms with Gasteiger partial charge in [0.05, 0.1) is 6.10 Å². The first-order chi connectivity index (χ1) is 9.88. The molecule has 4 heteroatoms. The largest absolute Gasteiger partial charge is 0.389 e. The summed E-state index contributed by atoms with van der Waals surface area (Å²) in [5.74, 6) is -0.287. The Morgan fingerprint density at radius 3 is 2.62 bits per heavy atom. The lowest BCUT2D eigenvalue weighted by atomic mass is 10.0. The third-order valence-corrected chi connectivity index (χ3v) is 3.97. The molecule has 0 aliphatic carbocycles. The van der Waals surface area contributed by atoms with Crippen LogP contribution in [0.2, 0.25) is 0 Å². The van der Waals surface area contributed by atoms with Crippen molar-refractivity contribution in [2.75, 3.05) is 11.9 Å². The van der Waals surface area contributed by atoms with Crippen molar-refractivity contribution in [1.82, 2.24) is 0 Å². The predicted molar refractivity (Wildman–Crippen MR) is 88.0 cm³/mol. The minimum Gasteiger partial charge on any atom is -0.389 e. The second-order valence-electron chi connectivity index (χ2n) is 5.32. The highest BCUT2D eigenvalue weighted by Crippen LogP contribution is 2.29. The van der Waals surface area contributed by atoms with E-state index in [1.54, 1.807) is 19.9 Å². The minimum atomic E-state index is -0.708. The van der Waals surface area contributed by atoms with Gasteiger partial charge in [-0.05, 0) is 49.2 Å². The Morgan fingerprint density at radius 1 is 1.29 bits per heavy atom. The first-order valence-electron chi connectivity index (χ1n) is 6.82. The first-order valence-corrected chi connectivity index (χ1v) is 7.61. The highest BCUT2D eigenvalue weighted by molar-refractivity contribution is 9.10. The monoisotopic (exact) mass is 351 g/mol. The highest BCUT2D eigenvalue weighted by atomic mass is 79.9. The van der Waals surface area contributed by atoms with Crippen LogP contribution in [0.3, 0.4) is 0 Å². The van der Waals surface area contributed by atoms with E-state index < -0.39 is 6.10 Å². The first kappa shape index (κ1) is 16.0. The average Bonchev–Trinajstić information content (AvgIpc) is 2.41. The fourth-order valence-electron chi connectivity index (χ4n) is 2.34. The van der Waals surface area contributed by atoms with Gasteiger partial charge in [-0.3, -0.25) is 0 Å². The van der Waals surface area contributed by atoms with E-state index in [1.807, 2.05) is 30.1 Å². The fourth-order valence-corrected chi connectivity index (χ4v) is 2.79. The maximum Gasteiger partial charge on any atom is 0.126 e. The smallest absolute Gasteiger partial charge is 0.126 e. The lowest BCUT2D eigenvalue weighted by Gasteiger charge is -2.24. The molecule has 1 atom stereocenters. The molecule has 0 fully saturated rings. The van der Waals surface area contributed by atoms with Crippen molar-refractivity contribution in [2.24, 2.45) is 0 Å². The van der Waals surface area contributed by atoms with Crippen LogP contribution in [-0.2, 0) is 6.54 Å². The fraction of sp³-hybridized carbons (Fsp3) is 0.294. The normalized spacial score (nSPS) is 12.3. The van der Waals surface area contributed by atoms with E-state index in [1.165, 1.54) is 6.07 Å². The zero-order valence-corrected chi connectivity index (χ0v) is 14.0. The predicted octanol–water partition coefficient (Wildman–Crippen LogP) is 4.59. The third kappa shape index (κ3) is 3.83. The second-order valence-corrected chi connectivity index (χ2v) is 6.24. The van der Waals surface area contributed by atoms with Crippen LogP contribution in [0.5, 0.6) is 0 Å². The van der Waals surface area contributed by atoms with Gasteiger partial charge in [-0.1, -0.05) is 28.1 Å². The summed E-state index contributed by atoms with van der Waals surface area (Å²) in [6.45, 7) is 4.07. The highest BCUT2D eigenvalue weighted by Gasteiger charge is 2.15. The SMILES string of the molecule is Cc1cc(N(C)Cc2cccc(Br)c2)c([C@H](C)O)cc1F. The molecule has 2 rings (SSSR count). The van der Waals surface area contributed by atoms with Crippen molar-refractivity contribution in [3.8, 4) is 0 Å². The van der Waals surface area contributed by atoms with Gasteiger partial charge in [0, 0.05) is 29.3 Å². The number of rotatable bonds is 4. The van der Waals surface area contributed by atoms with Crippen molar-refractivity contribution in [3.63, 3.8) is 0 Å². The second kappa shape index (κ2) is 6.58. The van der Waals surface area contributed by atoms with Crippen molar-refractivity contribution in [1.29, 1.82) is 0 Å². The summed E-state index contributed by atoms with van der Waals surface area (Å²) in [4.78, 5) is 2.02. The molecular formula is C17H19BrFNO. The van der Waals surface area contributed by atoms with Gasteiger partial charge in [0.1, 0.15) is 5.82 Å². The van der Waals surface area contributed by atoms with Crippen LogP contribution in [0.1, 0.15) is 29.7 Å². The van der Waals surface area contributed by atoms with Gasteiger partial charge in [0.2, 0.25) is 0 Å². The molecule has 0 aliphatic rings. The molecular weight excluding hydrogens is 333 g/mol. The van der Waals surface area contributed by atoms with E-state index in [0.717, 1.165) is 15.7 Å². The number of hydrogen-bond donors (Lipinski definition) is 1. The zero-order chi connectivity index (χ0) is 15.6. The Morgan fingerprint density at radius 2 is 2.00 bits per heavy atom. The van der Waals surface area contributed by atoms with Crippen LogP contribution >= 0.6 is 15.9 Å². The van der Waals surface area contributed by atoms with E-state index in [0.29, 0.717) is 17.7 Å². The molecule has 2 aromatic rings. The van der Waals surface area contributed by atoms with Gasteiger partial charge in [-0.2, -0.15) is 0 Å². The van der Waals surface area contributed by atoms with Crippen molar-refractivity contribution in [2.45, 2.75) is 26.5 Å². The van der Waals surface area contributed by atoms with Gasteiger partial charge >= 0.3 is 0 Å². The number of aryl methyl sites for hydroxylation is 1. The Hall–Kier alpha value is -1.39. The summed E-state index contributed by atoms with van der Waals surface area (Å²) < 4.78 is 14.8. The quantitative estimate of drug-likeness (QED) is 0.870. The minimum absolute atomic E-state index is 0.287. The number of aliphatic hydroxyl groups is 1. The molecule has 0 unspecified atom stereocenters. The summed E-state index contributed by atoms with van der Waals surface area (Å²) in [5, 5.41) is 9.88. The Labute approximate surface area is 133 Å². The van der Waals surface area contributed by atoms with E-state index in [9.17, 15) is 9.50 Å². The summed E-state index contributed by atoms with van der Waals surface area (Å²) in [7, 11) is 1.94. The number of benzene rings is 2. The van der Waals surface area contributed by atoms with Crippen molar-refractivity contribution < 1.29 is 9.50 Å². The number of halogens is 2. The van der Waals surface area contributed by atoms with E-state index in [2.05, 4.69) is 22.0 Å². The molecule has 0 radical (unpaired) electrons. The zero-order valence-electron chi connectivity index (χ0n) is 12.4. The van der Waals surface area contributed by atoms with Gasteiger partial charge in [0.25, 0.3) is 0 Å². The van der Waals surface area contributed by atoms with Gasteiger partial charge in [-0.15, -0.1) is 0 Å². The summed E-state index contributed by atoms with van der Waals surface area (Å²) >= 11 is 3.46. The van der Waals surface area contributed by atoms with E-state index >= 15 is 0 Å². The van der Waals surface area contributed by atoms with Crippen molar-refractivity contribution in [3.05, 3.63) is 63.4 Å². The lowest BCUT2D eigenvalue weighted by molar-refractivity contribution is 0.199. The topological polar surface area (TPSA) is 23.5 Å². The van der Waals surface area contributed by atoms with Crippen LogP contribution in [0, 0.1) is 12.7 Å². The molecule has 0 amide bonds. The van der Waals surface area contributed by atoms with Crippen LogP contribution < -0.4 is 4.90 Å². The number of anilines is 1. The molecule has 2 nitrogen and oxygen atoms in total. The summed E-state index contributed by atoms with van der Waals surface area (Å²) in [5.41, 5.74) is 3.18. The van der Waals surface area contributed by atoms with E-state index in [4.69, 9.17) is 0 Å². The molecule has 0 aromatic heterocycles. The average molecular weight is 352 g/mol. The van der Waals surface area contributed by atoms with Crippen LogP contribution in [-0.4, -0.2) is 12.2 Å². The molecule has 112 valence electrons. The number of nitrogens with zero attached hydrogens (tertiary/aromatic N) is 1. The molecule has 0 bridgehead atoms. The molecule has 2 aromatic carbocycles. The Kier molecular flexibility index (Phi) is 5.01. The molecule has 0 spiro atoms. The standard InChI is InChI=1S/C17H19BrFNO/c1-11-7-17(15(12(2)21)9-16(11)19)20(3)10-13-5-4-6-14(18)8-13/h4-9,12,21H,10H2,1-3H3/t12-/m0/s1. The summed E-state index contributed by atoms with van der Waals surface area (Å²) in [6.07, 6.45) is -0.708. The van der Waals surface area contributed by atoms with Crippen LogP contribution in [0.4, 0.5) is 10.1 Å². The Bertz CT molecular complexity index is 643. The molecule has 21 heavy (non-hydrogen) atoms. The van der Waals surface area contributed by atoms with Crippen LogP contribution in [0.15, 0.2) is 40.9 Å². The maximum atomic E-state index is 13.7. The third-order valence-electron chi connectivity index (χ3n) is 3.48. The molecule has 0 saturated carbocycles. The molecule has 0 saturated heterocycles. The maximum absolute atomic E-state index is 13.7. The summed E-state index contributed by atoms with van der Waals surface area (Å²) in [6, 6.07) is 11.3. The van der Waals surface area contributed by atoms with Gasteiger partial charge in [-0.25, -0.2) is 4.39 Å². The number of hydrogen-bond acceptors (Lipinski definition) is 2. The number of aliphatic hydroxyl groups excluding tert-OH is 1. The van der Waals surface area contributed by atoms with Gasteiger partial charge < -0.3 is 10.0 Å². The lowest BCUT2D eigenvalue weighted by Crippen LogP contribution is -2.19. The molecule has 1 N–H and O–H groups in total.